The average molecular weight is 518 g/mol. The molecule has 1 aromatic carbocycles. The second-order valence-corrected chi connectivity index (χ2v) is 8.75. The lowest BCUT2D eigenvalue weighted by atomic mass is 10.1. The van der Waals surface area contributed by atoms with Crippen molar-refractivity contribution in [1.82, 2.24) is 24.4 Å². The first-order valence-corrected chi connectivity index (χ1v) is 11.3. The zero-order chi connectivity index (χ0) is 25.7. The maximum atomic E-state index is 14.2. The molecular formula is C23H15F5N6OS. The van der Waals surface area contributed by atoms with E-state index in [2.05, 4.69) is 20.5 Å². The normalized spacial score (nSPS) is 11.4. The molecule has 0 spiro atoms. The van der Waals surface area contributed by atoms with Crippen LogP contribution in [-0.4, -0.2) is 30.3 Å². The van der Waals surface area contributed by atoms with Gasteiger partial charge in [-0.1, -0.05) is 6.07 Å². The lowest BCUT2D eigenvalue weighted by Gasteiger charge is -2.10. The Labute approximate surface area is 203 Å². The van der Waals surface area contributed by atoms with Gasteiger partial charge in [0.15, 0.2) is 28.9 Å². The van der Waals surface area contributed by atoms with Crippen LogP contribution in [0.25, 0.3) is 16.2 Å². The molecule has 184 valence electrons. The number of hydrogen-bond donors (Lipinski definition) is 1. The van der Waals surface area contributed by atoms with E-state index >= 15 is 0 Å². The number of nitrogens with zero attached hydrogens (tertiary/aromatic N) is 5. The van der Waals surface area contributed by atoms with Crippen molar-refractivity contribution >= 4 is 28.6 Å². The predicted octanol–water partition coefficient (Wildman–Crippen LogP) is 5.27. The highest BCUT2D eigenvalue weighted by molar-refractivity contribution is 7.13. The van der Waals surface area contributed by atoms with E-state index in [4.69, 9.17) is 0 Å². The van der Waals surface area contributed by atoms with Crippen molar-refractivity contribution in [2.45, 2.75) is 20.4 Å². The topological polar surface area (TPSA) is 77.1 Å². The molecule has 1 N–H and O–H groups in total. The molecule has 0 unspecified atom stereocenters. The summed E-state index contributed by atoms with van der Waals surface area (Å²) in [6.45, 7) is 2.28. The Hall–Kier alpha value is -4.13. The number of aromatic nitrogens is 5. The van der Waals surface area contributed by atoms with E-state index in [0.29, 0.717) is 5.65 Å². The fourth-order valence-electron chi connectivity index (χ4n) is 3.81. The van der Waals surface area contributed by atoms with Crippen molar-refractivity contribution in [2.75, 3.05) is 5.32 Å². The standard InChI is InChI=1S/C23H15F5N6OS/c1-10-21(11(2)33(32-10)9-13-16(24)18(26)20(28)19(27)17(13)25)31-23(35)12-8-30-34-14(5-6-29-22(12)34)15-4-3-7-36-15/h3-8H,9H2,1-2H3,(H,31,35). The van der Waals surface area contributed by atoms with E-state index in [1.807, 2.05) is 17.5 Å². The highest BCUT2D eigenvalue weighted by Gasteiger charge is 2.27. The van der Waals surface area contributed by atoms with Gasteiger partial charge < -0.3 is 5.32 Å². The number of carbonyl (C=O) groups is 1. The van der Waals surface area contributed by atoms with Gasteiger partial charge in [-0.05, 0) is 31.4 Å². The molecule has 0 saturated carbocycles. The monoisotopic (exact) mass is 518 g/mol. The van der Waals surface area contributed by atoms with Crippen LogP contribution in [0.1, 0.15) is 27.3 Å². The second-order valence-electron chi connectivity index (χ2n) is 7.81. The summed E-state index contributed by atoms with van der Waals surface area (Å²) in [5.74, 6) is -10.8. The van der Waals surface area contributed by atoms with Crippen molar-refractivity contribution < 1.29 is 26.7 Å². The van der Waals surface area contributed by atoms with Crippen LogP contribution in [0, 0.1) is 42.9 Å². The first-order valence-electron chi connectivity index (χ1n) is 10.4. The molecule has 4 aromatic heterocycles. The molecule has 0 fully saturated rings. The number of anilines is 1. The average Bonchev–Trinajstić information content (AvgIpc) is 3.61. The molecule has 5 rings (SSSR count). The Balaban J connectivity index is 1.46. The molecule has 7 nitrogen and oxygen atoms in total. The largest absolute Gasteiger partial charge is 0.319 e. The van der Waals surface area contributed by atoms with Gasteiger partial charge in [-0.2, -0.15) is 10.2 Å². The van der Waals surface area contributed by atoms with Crippen molar-refractivity contribution in [3.8, 4) is 10.6 Å². The summed E-state index contributed by atoms with van der Waals surface area (Å²) in [4.78, 5) is 18.3. The van der Waals surface area contributed by atoms with E-state index in [0.717, 1.165) is 15.3 Å². The smallest absolute Gasteiger partial charge is 0.261 e. The Morgan fingerprint density at radius 3 is 2.39 bits per heavy atom. The number of rotatable bonds is 5. The van der Waals surface area contributed by atoms with Gasteiger partial charge in [-0.25, -0.2) is 31.5 Å². The number of fused-ring (bicyclic) bond motifs is 1. The first kappa shape index (κ1) is 23.6. The summed E-state index contributed by atoms with van der Waals surface area (Å²) in [7, 11) is 0. The maximum Gasteiger partial charge on any atom is 0.261 e. The minimum absolute atomic E-state index is 0.166. The molecule has 0 atom stereocenters. The third kappa shape index (κ3) is 3.71. The van der Waals surface area contributed by atoms with Gasteiger partial charge in [0.05, 0.1) is 46.0 Å². The number of aryl methyl sites for hydroxylation is 1. The zero-order valence-electron chi connectivity index (χ0n) is 18.6. The number of hydrogen-bond acceptors (Lipinski definition) is 5. The molecule has 0 radical (unpaired) electrons. The Kier molecular flexibility index (Phi) is 5.79. The second kappa shape index (κ2) is 8.82. The molecule has 0 aliphatic heterocycles. The fraction of sp³-hybridized carbons (Fsp3) is 0.130. The lowest BCUT2D eigenvalue weighted by molar-refractivity contribution is 0.102. The third-order valence-corrected chi connectivity index (χ3v) is 6.54. The predicted molar refractivity (Wildman–Crippen MR) is 121 cm³/mol. The third-order valence-electron chi connectivity index (χ3n) is 5.65. The Morgan fingerprint density at radius 2 is 1.72 bits per heavy atom. The molecule has 0 bridgehead atoms. The van der Waals surface area contributed by atoms with Crippen LogP contribution >= 0.6 is 11.3 Å². The van der Waals surface area contributed by atoms with E-state index in [9.17, 15) is 26.7 Å². The number of halogens is 5. The van der Waals surface area contributed by atoms with Crippen molar-refractivity contribution in [3.63, 3.8) is 0 Å². The van der Waals surface area contributed by atoms with Gasteiger partial charge in [0.2, 0.25) is 5.82 Å². The van der Waals surface area contributed by atoms with E-state index in [1.54, 1.807) is 12.3 Å². The molecule has 0 aliphatic carbocycles. The molecular weight excluding hydrogens is 503 g/mol. The quantitative estimate of drug-likeness (QED) is 0.196. The number of benzene rings is 1. The number of carbonyl (C=O) groups excluding carboxylic acids is 1. The lowest BCUT2D eigenvalue weighted by Crippen LogP contribution is -2.15. The van der Waals surface area contributed by atoms with Gasteiger partial charge in [-0.15, -0.1) is 11.3 Å². The summed E-state index contributed by atoms with van der Waals surface area (Å²) in [6, 6.07) is 5.57. The van der Waals surface area contributed by atoms with Crippen LogP contribution in [0.4, 0.5) is 27.6 Å². The summed E-state index contributed by atoms with van der Waals surface area (Å²) >= 11 is 1.50. The van der Waals surface area contributed by atoms with Gasteiger partial charge >= 0.3 is 0 Å². The van der Waals surface area contributed by atoms with E-state index in [-0.39, 0.29) is 22.6 Å². The highest BCUT2D eigenvalue weighted by Crippen LogP contribution is 2.28. The molecule has 5 aromatic rings. The summed E-state index contributed by atoms with van der Waals surface area (Å²) < 4.78 is 71.5. The number of thiophene rings is 1. The summed E-state index contributed by atoms with van der Waals surface area (Å²) in [5.41, 5.74) is 0.918. The minimum atomic E-state index is -2.24. The molecule has 13 heteroatoms. The van der Waals surface area contributed by atoms with Gasteiger partial charge in [0.25, 0.3) is 5.91 Å². The van der Waals surface area contributed by atoms with Gasteiger partial charge in [-0.3, -0.25) is 9.48 Å². The molecule has 0 aliphatic rings. The van der Waals surface area contributed by atoms with Crippen LogP contribution in [0.15, 0.2) is 36.0 Å². The first-order chi connectivity index (χ1) is 17.2. The Bertz CT molecular complexity index is 1610. The van der Waals surface area contributed by atoms with E-state index in [1.165, 1.54) is 35.9 Å². The van der Waals surface area contributed by atoms with Gasteiger partial charge in [0.1, 0.15) is 5.56 Å². The molecule has 36 heavy (non-hydrogen) atoms. The van der Waals surface area contributed by atoms with Gasteiger partial charge in [0, 0.05) is 6.20 Å². The summed E-state index contributed by atoms with van der Waals surface area (Å²) in [6.07, 6.45) is 2.92. The SMILES string of the molecule is Cc1nn(Cc2c(F)c(F)c(F)c(F)c2F)c(C)c1NC(=O)c1cnn2c(-c3cccs3)ccnc12. The molecule has 0 saturated heterocycles. The van der Waals surface area contributed by atoms with Crippen LogP contribution in [0.3, 0.4) is 0 Å². The van der Waals surface area contributed by atoms with Crippen LogP contribution in [0.2, 0.25) is 0 Å². The van der Waals surface area contributed by atoms with Crippen molar-refractivity contribution in [1.29, 1.82) is 0 Å². The maximum absolute atomic E-state index is 14.2. The van der Waals surface area contributed by atoms with E-state index < -0.39 is 47.1 Å². The number of amides is 1. The van der Waals surface area contributed by atoms with Crippen molar-refractivity contribution in [3.05, 3.63) is 87.6 Å². The minimum Gasteiger partial charge on any atom is -0.319 e. The highest BCUT2D eigenvalue weighted by atomic mass is 32.1. The van der Waals surface area contributed by atoms with Crippen LogP contribution < -0.4 is 5.32 Å². The summed E-state index contributed by atoms with van der Waals surface area (Å²) in [5, 5.41) is 13.0. The molecule has 1 amide bonds. The zero-order valence-corrected chi connectivity index (χ0v) is 19.4. The van der Waals surface area contributed by atoms with Crippen LogP contribution in [-0.2, 0) is 6.54 Å². The molecule has 4 heterocycles. The Morgan fingerprint density at radius 1 is 1.03 bits per heavy atom. The van der Waals surface area contributed by atoms with Crippen molar-refractivity contribution in [2.24, 2.45) is 0 Å². The van der Waals surface area contributed by atoms with Crippen LogP contribution in [0.5, 0.6) is 0 Å². The fourth-order valence-corrected chi connectivity index (χ4v) is 4.55. The number of nitrogens with one attached hydrogen (secondary N) is 1.